The topological polar surface area (TPSA) is 134 Å². The Morgan fingerprint density at radius 1 is 1.00 bits per heavy atom. The molecule has 0 spiro atoms. The Bertz CT molecular complexity index is 1990. The number of hydrogen-bond acceptors (Lipinski definition) is 8. The van der Waals surface area contributed by atoms with Crippen molar-refractivity contribution in [3.8, 4) is 22.7 Å². The second-order valence-corrected chi connectivity index (χ2v) is 12.5. The Hall–Kier alpha value is -5.14. The fraction of sp³-hybridized carbons (Fsp3) is 0.394. The number of amides is 2. The summed E-state index contributed by atoms with van der Waals surface area (Å²) in [4.78, 5) is 58.6. The van der Waals surface area contributed by atoms with Crippen molar-refractivity contribution < 1.29 is 28.2 Å². The zero-order valence-corrected chi connectivity index (χ0v) is 27.1. The molecule has 2 aliphatic heterocycles. The maximum atomic E-state index is 16.4. The molecule has 2 aliphatic rings. The van der Waals surface area contributed by atoms with Crippen LogP contribution in [0.2, 0.25) is 0 Å². The summed E-state index contributed by atoms with van der Waals surface area (Å²) in [5.74, 6) is -2.50. The summed E-state index contributed by atoms with van der Waals surface area (Å²) < 4.78 is 38.5. The summed E-state index contributed by atoms with van der Waals surface area (Å²) in [6.45, 7) is 9.23. The van der Waals surface area contributed by atoms with E-state index < -0.39 is 41.3 Å². The molecule has 0 aliphatic carbocycles. The molecule has 1 N–H and O–H groups in total. The number of methoxy groups -OCH3 is 1. The van der Waals surface area contributed by atoms with Gasteiger partial charge in [0.1, 0.15) is 35.3 Å². The highest BCUT2D eigenvalue weighted by molar-refractivity contribution is 6.11. The first-order valence-electron chi connectivity index (χ1n) is 15.3. The average molecular weight is 648 g/mol. The number of hydrogen-bond donors (Lipinski definition) is 1. The maximum absolute atomic E-state index is 16.4. The lowest BCUT2D eigenvalue weighted by Crippen LogP contribution is -2.66. The third-order valence-corrected chi connectivity index (χ3v) is 8.90. The summed E-state index contributed by atoms with van der Waals surface area (Å²) in [5, 5.41) is 9.99. The molecule has 1 saturated heterocycles. The molecule has 4 aromatic rings. The van der Waals surface area contributed by atoms with Gasteiger partial charge >= 0.3 is 6.09 Å². The van der Waals surface area contributed by atoms with Crippen LogP contribution in [0.4, 0.5) is 25.0 Å². The molecule has 0 saturated carbocycles. The number of rotatable bonds is 5. The zero-order valence-electron chi connectivity index (χ0n) is 27.1. The normalized spacial score (nSPS) is 17.9. The highest BCUT2D eigenvalue weighted by atomic mass is 19.1. The molecule has 0 radical (unpaired) electrons. The van der Waals surface area contributed by atoms with Crippen molar-refractivity contribution in [1.29, 1.82) is 0 Å². The summed E-state index contributed by atoms with van der Waals surface area (Å²) in [7, 11) is 2.77. The van der Waals surface area contributed by atoms with Crippen LogP contribution in [-0.2, 0) is 4.79 Å². The van der Waals surface area contributed by atoms with E-state index in [0.717, 1.165) is 6.07 Å². The first-order valence-corrected chi connectivity index (χ1v) is 15.3. The number of benzene rings is 1. The first-order chi connectivity index (χ1) is 22.3. The van der Waals surface area contributed by atoms with Gasteiger partial charge in [0, 0.05) is 25.0 Å². The number of carbonyl (C=O) groups excluding carboxylic acids is 1. The second-order valence-electron chi connectivity index (χ2n) is 12.5. The van der Waals surface area contributed by atoms with Gasteiger partial charge in [-0.15, -0.1) is 0 Å². The van der Waals surface area contributed by atoms with Crippen LogP contribution in [0.15, 0.2) is 35.4 Å². The number of ether oxygens (including phenoxy) is 1. The number of piperazine rings is 1. The fourth-order valence-electron chi connectivity index (χ4n) is 6.65. The lowest BCUT2D eigenvalue weighted by atomic mass is 9.97. The van der Waals surface area contributed by atoms with Crippen LogP contribution >= 0.6 is 0 Å². The van der Waals surface area contributed by atoms with Gasteiger partial charge in [-0.2, -0.15) is 0 Å². The van der Waals surface area contributed by atoms with E-state index in [9.17, 15) is 19.5 Å². The number of halogens is 2. The van der Waals surface area contributed by atoms with Crippen molar-refractivity contribution in [3.63, 3.8) is 0 Å². The molecule has 14 heteroatoms. The molecule has 1 aromatic carbocycles. The van der Waals surface area contributed by atoms with Crippen molar-refractivity contribution in [3.05, 3.63) is 64.0 Å². The van der Waals surface area contributed by atoms with Crippen molar-refractivity contribution in [2.24, 2.45) is 0 Å². The highest BCUT2D eigenvalue weighted by Gasteiger charge is 2.46. The van der Waals surface area contributed by atoms with Gasteiger partial charge in [0.05, 0.1) is 42.0 Å². The number of carbonyl (C=O) groups is 2. The quantitative estimate of drug-likeness (QED) is 0.321. The molecule has 1 fully saturated rings. The van der Waals surface area contributed by atoms with Gasteiger partial charge in [-0.25, -0.2) is 28.5 Å². The molecule has 6 rings (SSSR count). The van der Waals surface area contributed by atoms with Crippen LogP contribution in [0.5, 0.6) is 5.75 Å². The molecule has 246 valence electrons. The van der Waals surface area contributed by atoms with Crippen molar-refractivity contribution in [2.75, 3.05) is 37.0 Å². The van der Waals surface area contributed by atoms with E-state index in [0.29, 0.717) is 17.1 Å². The average Bonchev–Trinajstić information content (AvgIpc) is 3.02. The van der Waals surface area contributed by atoms with Crippen molar-refractivity contribution in [1.82, 2.24) is 24.4 Å². The SMILES string of the molecule is COc1cccc(F)c1-c1nc2c(cc1F)c1c(c(=O)n2-c2c(C(C)C)ncnc2C(C)C)N(C)C(=O)[C@H]2CN(C(=O)O)[C@H](C)CN12. The first kappa shape index (κ1) is 31.8. The molecule has 2 atom stereocenters. The largest absolute Gasteiger partial charge is 0.496 e. The van der Waals surface area contributed by atoms with Gasteiger partial charge in [0.2, 0.25) is 0 Å². The number of pyridine rings is 2. The molecule has 47 heavy (non-hydrogen) atoms. The van der Waals surface area contributed by atoms with Gasteiger partial charge in [-0.3, -0.25) is 14.2 Å². The van der Waals surface area contributed by atoms with E-state index in [1.54, 1.807) is 11.8 Å². The predicted octanol–water partition coefficient (Wildman–Crippen LogP) is 4.91. The molecule has 0 bridgehead atoms. The Labute approximate surface area is 269 Å². The van der Waals surface area contributed by atoms with E-state index in [4.69, 9.17) is 4.74 Å². The number of anilines is 2. The van der Waals surface area contributed by atoms with Crippen LogP contribution in [0.1, 0.15) is 57.8 Å². The number of carboxylic acid groups (broad SMARTS) is 1. The van der Waals surface area contributed by atoms with E-state index in [-0.39, 0.29) is 64.3 Å². The van der Waals surface area contributed by atoms with Crippen LogP contribution < -0.4 is 20.1 Å². The predicted molar refractivity (Wildman–Crippen MR) is 172 cm³/mol. The third kappa shape index (κ3) is 4.84. The minimum atomic E-state index is -1.18. The molecule has 2 amide bonds. The van der Waals surface area contributed by atoms with E-state index >= 15 is 8.78 Å². The number of fused-ring (bicyclic) bond motifs is 5. The maximum Gasteiger partial charge on any atom is 0.407 e. The standard InChI is InChI=1S/C33H35F2N7O5/c1-15(2)24-28(25(16(3)4)37-14-36-24)42-30-18(11-20(35)26(38-30)23-19(34)9-8-10-22(23)47-7)27-29(32(42)44)39(6)31(43)21-13-40(33(45)46)17(5)12-41(21)27/h8-11,14-17,21H,12-13H2,1-7H3,(H,45,46)/t17-,21-/m1/s1. The Morgan fingerprint density at radius 2 is 1.66 bits per heavy atom. The number of likely N-dealkylation sites (N-methyl/N-ethyl adjacent to an activating group) is 1. The molecule has 3 aromatic heterocycles. The second kappa shape index (κ2) is 11.6. The molecular weight excluding hydrogens is 612 g/mol. The van der Waals surface area contributed by atoms with Crippen LogP contribution in [0.25, 0.3) is 28.0 Å². The van der Waals surface area contributed by atoms with Crippen LogP contribution in [0.3, 0.4) is 0 Å². The Balaban J connectivity index is 1.80. The number of aromatic nitrogens is 4. The summed E-state index contributed by atoms with van der Waals surface area (Å²) in [6, 6.07) is 3.71. The monoisotopic (exact) mass is 647 g/mol. The third-order valence-electron chi connectivity index (χ3n) is 8.90. The summed E-state index contributed by atoms with van der Waals surface area (Å²) in [5.41, 5.74) is 0.339. The van der Waals surface area contributed by atoms with Crippen LogP contribution in [0, 0.1) is 11.6 Å². The van der Waals surface area contributed by atoms with Gasteiger partial charge in [0.15, 0.2) is 11.5 Å². The Kier molecular flexibility index (Phi) is 7.84. The van der Waals surface area contributed by atoms with E-state index in [1.807, 2.05) is 27.7 Å². The van der Waals surface area contributed by atoms with Gasteiger partial charge in [0.25, 0.3) is 11.5 Å². The van der Waals surface area contributed by atoms with E-state index in [2.05, 4.69) is 15.0 Å². The lowest BCUT2D eigenvalue weighted by Gasteiger charge is -2.49. The lowest BCUT2D eigenvalue weighted by molar-refractivity contribution is -0.120. The number of nitrogens with zero attached hydrogens (tertiary/aromatic N) is 7. The molecule has 5 heterocycles. The van der Waals surface area contributed by atoms with Crippen LogP contribution in [-0.4, -0.2) is 80.9 Å². The minimum absolute atomic E-state index is 0.0103. The van der Waals surface area contributed by atoms with Gasteiger partial charge < -0.3 is 24.5 Å². The minimum Gasteiger partial charge on any atom is -0.496 e. The zero-order chi connectivity index (χ0) is 34.1. The summed E-state index contributed by atoms with van der Waals surface area (Å²) >= 11 is 0. The van der Waals surface area contributed by atoms with Gasteiger partial charge in [-0.05, 0) is 37.0 Å². The van der Waals surface area contributed by atoms with Gasteiger partial charge in [-0.1, -0.05) is 33.8 Å². The smallest absolute Gasteiger partial charge is 0.407 e. The van der Waals surface area contributed by atoms with Crippen molar-refractivity contribution >= 4 is 34.4 Å². The molecule has 0 unspecified atom stereocenters. The Morgan fingerprint density at radius 3 is 2.26 bits per heavy atom. The summed E-state index contributed by atoms with van der Waals surface area (Å²) in [6.07, 6.45) is 0.243. The molecular formula is C33H35F2N7O5. The fourth-order valence-corrected chi connectivity index (χ4v) is 6.65. The van der Waals surface area contributed by atoms with Crippen molar-refractivity contribution in [2.45, 2.75) is 58.5 Å². The highest BCUT2D eigenvalue weighted by Crippen LogP contribution is 2.44. The molecule has 12 nitrogen and oxygen atoms in total. The van der Waals surface area contributed by atoms with E-state index in [1.165, 1.54) is 53.1 Å².